The van der Waals surface area contributed by atoms with Crippen LogP contribution in [-0.2, 0) is 6.42 Å². The molecule has 7 nitrogen and oxygen atoms in total. The van der Waals surface area contributed by atoms with Crippen molar-refractivity contribution in [2.24, 2.45) is 0 Å². The molecule has 134 valence electrons. The van der Waals surface area contributed by atoms with E-state index in [2.05, 4.69) is 31.8 Å². The highest BCUT2D eigenvalue weighted by Gasteiger charge is 2.24. The van der Waals surface area contributed by atoms with E-state index in [4.69, 9.17) is 4.98 Å². The highest BCUT2D eigenvalue weighted by Crippen LogP contribution is 2.28. The van der Waals surface area contributed by atoms with Gasteiger partial charge in [-0.2, -0.15) is 0 Å². The van der Waals surface area contributed by atoms with E-state index in [1.165, 1.54) is 0 Å². The first-order valence-electron chi connectivity index (χ1n) is 9.13. The molecule has 0 amide bonds. The van der Waals surface area contributed by atoms with Gasteiger partial charge in [-0.15, -0.1) is 0 Å². The van der Waals surface area contributed by atoms with E-state index in [1.807, 2.05) is 42.3 Å². The van der Waals surface area contributed by atoms with Crippen LogP contribution in [0.25, 0.3) is 5.82 Å². The van der Waals surface area contributed by atoms with Gasteiger partial charge in [0.25, 0.3) is 0 Å². The lowest BCUT2D eigenvalue weighted by molar-refractivity contribution is 0.496. The van der Waals surface area contributed by atoms with Gasteiger partial charge in [-0.05, 0) is 25.8 Å². The van der Waals surface area contributed by atoms with Crippen molar-refractivity contribution in [3.8, 4) is 5.82 Å². The number of aromatic nitrogens is 6. The molecule has 1 aliphatic heterocycles. The fraction of sp³-hybridized carbons (Fsp3) is 0.421. The molecule has 7 heteroatoms. The molecule has 0 bridgehead atoms. The van der Waals surface area contributed by atoms with E-state index in [0.29, 0.717) is 5.92 Å². The molecule has 4 rings (SSSR count). The van der Waals surface area contributed by atoms with E-state index >= 15 is 0 Å². The van der Waals surface area contributed by atoms with Crippen molar-refractivity contribution in [2.75, 3.05) is 18.0 Å². The van der Waals surface area contributed by atoms with Gasteiger partial charge in [0, 0.05) is 50.2 Å². The molecule has 0 radical (unpaired) electrons. The number of hydrogen-bond acceptors (Lipinski definition) is 6. The predicted molar refractivity (Wildman–Crippen MR) is 99.5 cm³/mol. The summed E-state index contributed by atoms with van der Waals surface area (Å²) >= 11 is 0. The van der Waals surface area contributed by atoms with E-state index < -0.39 is 0 Å². The number of hydrogen-bond donors (Lipinski definition) is 0. The van der Waals surface area contributed by atoms with Crippen LogP contribution < -0.4 is 4.90 Å². The van der Waals surface area contributed by atoms with Crippen LogP contribution in [0.15, 0.2) is 37.1 Å². The Morgan fingerprint density at radius 3 is 2.88 bits per heavy atom. The monoisotopic (exact) mass is 349 g/mol. The van der Waals surface area contributed by atoms with Crippen LogP contribution in [0.2, 0.25) is 0 Å². The molecule has 1 atom stereocenters. The van der Waals surface area contributed by atoms with Gasteiger partial charge in [0.15, 0.2) is 5.82 Å². The second-order valence-corrected chi connectivity index (χ2v) is 6.62. The number of nitrogens with zero attached hydrogens (tertiary/aromatic N) is 7. The summed E-state index contributed by atoms with van der Waals surface area (Å²) in [6.07, 6.45) is 12.4. The van der Waals surface area contributed by atoms with Crippen LogP contribution in [-0.4, -0.2) is 42.6 Å². The van der Waals surface area contributed by atoms with Gasteiger partial charge in [0.1, 0.15) is 17.5 Å². The van der Waals surface area contributed by atoms with E-state index in [9.17, 15) is 0 Å². The van der Waals surface area contributed by atoms with Crippen molar-refractivity contribution in [2.45, 2.75) is 39.0 Å². The molecule has 4 heterocycles. The maximum absolute atomic E-state index is 4.89. The molecule has 1 saturated heterocycles. The summed E-state index contributed by atoms with van der Waals surface area (Å²) in [6, 6.07) is 1.98. The Labute approximate surface area is 153 Å². The molecule has 3 aromatic heterocycles. The minimum atomic E-state index is 0.347. The average Bonchev–Trinajstić information content (AvgIpc) is 3.17. The zero-order valence-corrected chi connectivity index (χ0v) is 15.2. The second-order valence-electron chi connectivity index (χ2n) is 6.62. The molecule has 26 heavy (non-hydrogen) atoms. The zero-order chi connectivity index (χ0) is 17.9. The SMILES string of the molecule is CCc1nccn1-c1cncc(C2CCCN(c3ccnc(C)n3)C2)n1. The molecule has 1 unspecified atom stereocenters. The standard InChI is InChI=1S/C19H23N7/c1-3-17-22-8-10-26(17)19-12-20-11-16(24-19)15-5-4-9-25(13-15)18-6-7-21-14(2)23-18/h6-8,10-12,15H,3-5,9,13H2,1-2H3. The van der Waals surface area contributed by atoms with Gasteiger partial charge in [0.05, 0.1) is 11.9 Å². The largest absolute Gasteiger partial charge is 0.356 e. The van der Waals surface area contributed by atoms with Gasteiger partial charge in [-0.1, -0.05) is 6.92 Å². The molecular formula is C19H23N7. The van der Waals surface area contributed by atoms with Crippen LogP contribution in [0.5, 0.6) is 0 Å². The molecule has 0 aromatic carbocycles. The van der Waals surface area contributed by atoms with Crippen LogP contribution in [0.4, 0.5) is 5.82 Å². The Hall–Kier alpha value is -2.83. The number of anilines is 1. The van der Waals surface area contributed by atoms with Crippen molar-refractivity contribution >= 4 is 5.82 Å². The molecule has 1 fully saturated rings. The summed E-state index contributed by atoms with van der Waals surface area (Å²) in [5.41, 5.74) is 1.04. The van der Waals surface area contributed by atoms with Crippen LogP contribution >= 0.6 is 0 Å². The minimum absolute atomic E-state index is 0.347. The fourth-order valence-corrected chi connectivity index (χ4v) is 3.53. The molecule has 3 aromatic rings. The van der Waals surface area contributed by atoms with Gasteiger partial charge in [-0.3, -0.25) is 9.55 Å². The van der Waals surface area contributed by atoms with E-state index in [1.54, 1.807) is 6.20 Å². The summed E-state index contributed by atoms with van der Waals surface area (Å²) in [5, 5.41) is 0. The Kier molecular flexibility index (Phi) is 4.60. The number of aryl methyl sites for hydroxylation is 2. The summed E-state index contributed by atoms with van der Waals surface area (Å²) < 4.78 is 2.02. The lowest BCUT2D eigenvalue weighted by atomic mass is 9.95. The van der Waals surface area contributed by atoms with Gasteiger partial charge < -0.3 is 4.90 Å². The number of imidazole rings is 1. The second kappa shape index (κ2) is 7.19. The van der Waals surface area contributed by atoms with Crippen molar-refractivity contribution in [3.63, 3.8) is 0 Å². The Morgan fingerprint density at radius 2 is 2.04 bits per heavy atom. The highest BCUT2D eigenvalue weighted by atomic mass is 15.2. The van der Waals surface area contributed by atoms with E-state index in [0.717, 1.165) is 61.3 Å². The molecule has 0 aliphatic carbocycles. The van der Waals surface area contributed by atoms with Gasteiger partial charge >= 0.3 is 0 Å². The first-order chi connectivity index (χ1) is 12.7. The molecule has 0 saturated carbocycles. The maximum Gasteiger partial charge on any atom is 0.156 e. The first kappa shape index (κ1) is 16.6. The topological polar surface area (TPSA) is 72.6 Å². The first-order valence-corrected chi connectivity index (χ1v) is 9.13. The van der Waals surface area contributed by atoms with Crippen LogP contribution in [0, 0.1) is 6.92 Å². The summed E-state index contributed by atoms with van der Waals surface area (Å²) in [5.74, 6) is 3.98. The van der Waals surface area contributed by atoms with Crippen LogP contribution in [0.1, 0.15) is 43.0 Å². The fourth-order valence-electron chi connectivity index (χ4n) is 3.53. The van der Waals surface area contributed by atoms with E-state index in [-0.39, 0.29) is 0 Å². The number of piperidine rings is 1. The van der Waals surface area contributed by atoms with Crippen molar-refractivity contribution in [1.29, 1.82) is 0 Å². The minimum Gasteiger partial charge on any atom is -0.356 e. The molecule has 0 spiro atoms. The lowest BCUT2D eigenvalue weighted by Gasteiger charge is -2.33. The Balaban J connectivity index is 1.58. The third kappa shape index (κ3) is 3.29. The Bertz CT molecular complexity index is 889. The lowest BCUT2D eigenvalue weighted by Crippen LogP contribution is -2.35. The zero-order valence-electron chi connectivity index (χ0n) is 15.2. The average molecular weight is 349 g/mol. The van der Waals surface area contributed by atoms with Gasteiger partial charge in [0.2, 0.25) is 0 Å². The molecule has 0 N–H and O–H groups in total. The van der Waals surface area contributed by atoms with Crippen molar-refractivity contribution < 1.29 is 0 Å². The third-order valence-corrected chi connectivity index (χ3v) is 4.85. The predicted octanol–water partition coefficient (Wildman–Crippen LogP) is 2.71. The quantitative estimate of drug-likeness (QED) is 0.721. The molecule has 1 aliphatic rings. The van der Waals surface area contributed by atoms with Crippen molar-refractivity contribution in [1.82, 2.24) is 29.5 Å². The van der Waals surface area contributed by atoms with Crippen molar-refractivity contribution in [3.05, 3.63) is 54.4 Å². The highest BCUT2D eigenvalue weighted by molar-refractivity contribution is 5.39. The maximum atomic E-state index is 4.89. The number of rotatable bonds is 4. The summed E-state index contributed by atoms with van der Waals surface area (Å²) in [7, 11) is 0. The van der Waals surface area contributed by atoms with Crippen LogP contribution in [0.3, 0.4) is 0 Å². The third-order valence-electron chi connectivity index (χ3n) is 4.85. The summed E-state index contributed by atoms with van der Waals surface area (Å²) in [6.45, 7) is 5.94. The Morgan fingerprint density at radius 1 is 1.12 bits per heavy atom. The summed E-state index contributed by atoms with van der Waals surface area (Å²) in [4.78, 5) is 24.8. The molecular weight excluding hydrogens is 326 g/mol. The smallest absolute Gasteiger partial charge is 0.156 e. The van der Waals surface area contributed by atoms with Gasteiger partial charge in [-0.25, -0.2) is 19.9 Å². The normalized spacial score (nSPS) is 17.5.